The van der Waals surface area contributed by atoms with Gasteiger partial charge < -0.3 is 9.88 Å². The van der Waals surface area contributed by atoms with Gasteiger partial charge in [0.25, 0.3) is 0 Å². The van der Waals surface area contributed by atoms with Crippen LogP contribution in [-0.4, -0.2) is 27.6 Å². The van der Waals surface area contributed by atoms with Crippen molar-refractivity contribution in [1.29, 1.82) is 0 Å². The molecule has 1 saturated heterocycles. The van der Waals surface area contributed by atoms with Crippen molar-refractivity contribution in [3.63, 3.8) is 0 Å². The maximum Gasteiger partial charge on any atom is 0.117 e. The number of nitrogens with one attached hydrogen (secondary N) is 1. The molecule has 0 spiro atoms. The first-order valence-electron chi connectivity index (χ1n) is 6.65. The first kappa shape index (κ1) is 11.7. The van der Waals surface area contributed by atoms with Gasteiger partial charge >= 0.3 is 0 Å². The molecular weight excluding hydrogens is 224 g/mol. The van der Waals surface area contributed by atoms with Crippen LogP contribution in [0.3, 0.4) is 0 Å². The fourth-order valence-electron chi connectivity index (χ4n) is 2.91. The van der Waals surface area contributed by atoms with E-state index in [2.05, 4.69) is 41.7 Å². The van der Waals surface area contributed by atoms with Gasteiger partial charge in [0.2, 0.25) is 0 Å². The molecule has 2 aromatic rings. The SMILES string of the molecule is CC(C)n1c(C2(C)CCNC2)nc2cnccc21. The number of fused-ring (bicyclic) bond motifs is 1. The molecule has 3 rings (SSSR count). The van der Waals surface area contributed by atoms with Crippen molar-refractivity contribution in [2.45, 2.75) is 38.6 Å². The lowest BCUT2D eigenvalue weighted by Gasteiger charge is -2.25. The monoisotopic (exact) mass is 244 g/mol. The summed E-state index contributed by atoms with van der Waals surface area (Å²) in [5.41, 5.74) is 2.35. The second-order valence-corrected chi connectivity index (χ2v) is 5.75. The Labute approximate surface area is 107 Å². The van der Waals surface area contributed by atoms with E-state index in [1.165, 1.54) is 11.3 Å². The van der Waals surface area contributed by atoms with Gasteiger partial charge in [0, 0.05) is 24.2 Å². The third-order valence-corrected chi connectivity index (χ3v) is 3.92. The Hall–Kier alpha value is -1.42. The summed E-state index contributed by atoms with van der Waals surface area (Å²) in [6.45, 7) is 8.83. The van der Waals surface area contributed by atoms with Crippen molar-refractivity contribution >= 4 is 11.0 Å². The zero-order valence-electron chi connectivity index (χ0n) is 11.3. The topological polar surface area (TPSA) is 42.7 Å². The van der Waals surface area contributed by atoms with Crippen LogP contribution in [0.25, 0.3) is 11.0 Å². The van der Waals surface area contributed by atoms with E-state index in [-0.39, 0.29) is 5.41 Å². The Balaban J connectivity index is 2.24. The molecule has 96 valence electrons. The zero-order chi connectivity index (χ0) is 12.8. The van der Waals surface area contributed by atoms with Crippen LogP contribution in [0.15, 0.2) is 18.5 Å². The maximum atomic E-state index is 4.85. The Kier molecular flexibility index (Phi) is 2.63. The van der Waals surface area contributed by atoms with Gasteiger partial charge in [-0.25, -0.2) is 4.98 Å². The van der Waals surface area contributed by atoms with Crippen LogP contribution >= 0.6 is 0 Å². The molecule has 0 bridgehead atoms. The van der Waals surface area contributed by atoms with Gasteiger partial charge in [-0.3, -0.25) is 4.98 Å². The highest BCUT2D eigenvalue weighted by Gasteiger charge is 2.36. The standard InChI is InChI=1S/C14H20N4/c1-10(2)18-12-4-6-15-8-11(12)17-13(18)14(3)5-7-16-9-14/h4,6,8,10,16H,5,7,9H2,1-3H3. The Morgan fingerprint density at radius 3 is 2.94 bits per heavy atom. The van der Waals surface area contributed by atoms with E-state index in [1.807, 2.05) is 12.4 Å². The lowest BCUT2D eigenvalue weighted by molar-refractivity contribution is 0.442. The summed E-state index contributed by atoms with van der Waals surface area (Å²) in [6, 6.07) is 2.49. The van der Waals surface area contributed by atoms with E-state index in [9.17, 15) is 0 Å². The molecule has 18 heavy (non-hydrogen) atoms. The molecular formula is C14H20N4. The average molecular weight is 244 g/mol. The number of pyridine rings is 1. The smallest absolute Gasteiger partial charge is 0.117 e. The van der Waals surface area contributed by atoms with Crippen molar-refractivity contribution in [3.05, 3.63) is 24.3 Å². The lowest BCUT2D eigenvalue weighted by atomic mass is 9.88. The molecule has 4 heteroatoms. The molecule has 0 radical (unpaired) electrons. The highest BCUT2D eigenvalue weighted by Crippen LogP contribution is 2.33. The zero-order valence-corrected chi connectivity index (χ0v) is 11.3. The van der Waals surface area contributed by atoms with E-state index >= 15 is 0 Å². The average Bonchev–Trinajstić information content (AvgIpc) is 2.93. The van der Waals surface area contributed by atoms with Crippen molar-refractivity contribution in [3.8, 4) is 0 Å². The first-order chi connectivity index (χ1) is 8.62. The molecule has 4 nitrogen and oxygen atoms in total. The Morgan fingerprint density at radius 2 is 2.28 bits per heavy atom. The lowest BCUT2D eigenvalue weighted by Crippen LogP contribution is -2.29. The minimum atomic E-state index is 0.142. The summed E-state index contributed by atoms with van der Waals surface area (Å²) in [7, 11) is 0. The normalized spacial score (nSPS) is 24.2. The van der Waals surface area contributed by atoms with Crippen molar-refractivity contribution in [2.24, 2.45) is 0 Å². The first-order valence-corrected chi connectivity index (χ1v) is 6.65. The maximum absolute atomic E-state index is 4.85. The minimum absolute atomic E-state index is 0.142. The highest BCUT2D eigenvalue weighted by molar-refractivity contribution is 5.75. The summed E-state index contributed by atoms with van der Waals surface area (Å²) in [6.07, 6.45) is 4.86. The molecule has 0 aliphatic carbocycles. The molecule has 0 saturated carbocycles. The second-order valence-electron chi connectivity index (χ2n) is 5.75. The van der Waals surface area contributed by atoms with Gasteiger partial charge in [-0.2, -0.15) is 0 Å². The predicted molar refractivity (Wildman–Crippen MR) is 72.8 cm³/mol. The van der Waals surface area contributed by atoms with E-state index < -0.39 is 0 Å². The predicted octanol–water partition coefficient (Wildman–Crippen LogP) is 2.26. The molecule has 1 aliphatic heterocycles. The molecule has 1 N–H and O–H groups in total. The van der Waals surface area contributed by atoms with Crippen LogP contribution in [0.5, 0.6) is 0 Å². The van der Waals surface area contributed by atoms with Crippen LogP contribution in [0.1, 0.15) is 39.1 Å². The fourth-order valence-corrected chi connectivity index (χ4v) is 2.91. The summed E-state index contributed by atoms with van der Waals surface area (Å²) in [5.74, 6) is 1.20. The fraction of sp³-hybridized carbons (Fsp3) is 0.571. The molecule has 3 heterocycles. The molecule has 1 unspecified atom stereocenters. The van der Waals surface area contributed by atoms with Crippen molar-refractivity contribution in [2.75, 3.05) is 13.1 Å². The third kappa shape index (κ3) is 1.63. The van der Waals surface area contributed by atoms with Crippen LogP contribution in [0, 0.1) is 0 Å². The largest absolute Gasteiger partial charge is 0.325 e. The second kappa shape index (κ2) is 4.05. The van der Waals surface area contributed by atoms with Crippen LogP contribution in [0.2, 0.25) is 0 Å². The molecule has 1 aliphatic rings. The molecule has 1 fully saturated rings. The molecule has 1 atom stereocenters. The van der Waals surface area contributed by atoms with Crippen LogP contribution < -0.4 is 5.32 Å². The quantitative estimate of drug-likeness (QED) is 0.881. The van der Waals surface area contributed by atoms with Crippen LogP contribution in [0.4, 0.5) is 0 Å². The summed E-state index contributed by atoms with van der Waals surface area (Å²) >= 11 is 0. The molecule has 0 amide bonds. The summed E-state index contributed by atoms with van der Waals surface area (Å²) in [4.78, 5) is 9.03. The van der Waals surface area contributed by atoms with Crippen molar-refractivity contribution in [1.82, 2.24) is 19.9 Å². The van der Waals surface area contributed by atoms with Gasteiger partial charge in [0.15, 0.2) is 0 Å². The van der Waals surface area contributed by atoms with Gasteiger partial charge in [-0.05, 0) is 32.9 Å². The number of nitrogens with zero attached hydrogens (tertiary/aromatic N) is 3. The van der Waals surface area contributed by atoms with Gasteiger partial charge in [-0.1, -0.05) is 6.92 Å². The number of hydrogen-bond donors (Lipinski definition) is 1. The van der Waals surface area contributed by atoms with Gasteiger partial charge in [0.1, 0.15) is 11.3 Å². The molecule has 0 aromatic carbocycles. The van der Waals surface area contributed by atoms with E-state index in [0.29, 0.717) is 6.04 Å². The minimum Gasteiger partial charge on any atom is -0.325 e. The van der Waals surface area contributed by atoms with Crippen LogP contribution in [-0.2, 0) is 5.41 Å². The molecule has 2 aromatic heterocycles. The third-order valence-electron chi connectivity index (χ3n) is 3.92. The van der Waals surface area contributed by atoms with E-state index in [0.717, 1.165) is 25.0 Å². The van der Waals surface area contributed by atoms with Gasteiger partial charge in [-0.15, -0.1) is 0 Å². The van der Waals surface area contributed by atoms with Crippen molar-refractivity contribution < 1.29 is 0 Å². The van der Waals surface area contributed by atoms with E-state index in [4.69, 9.17) is 4.98 Å². The number of aromatic nitrogens is 3. The number of imidazole rings is 1. The summed E-state index contributed by atoms with van der Waals surface area (Å²) < 4.78 is 2.37. The number of hydrogen-bond acceptors (Lipinski definition) is 3. The highest BCUT2D eigenvalue weighted by atomic mass is 15.1. The summed E-state index contributed by atoms with van der Waals surface area (Å²) in [5, 5.41) is 3.45. The Bertz CT molecular complexity index is 564. The number of rotatable bonds is 2. The Morgan fingerprint density at radius 1 is 1.44 bits per heavy atom. The van der Waals surface area contributed by atoms with E-state index in [1.54, 1.807) is 0 Å². The van der Waals surface area contributed by atoms with Gasteiger partial charge in [0.05, 0.1) is 11.7 Å².